The van der Waals surface area contributed by atoms with Gasteiger partial charge in [0.2, 0.25) is 0 Å². The standard InChI is InChI=1S/C24H25FN2O3S/c1-16-13-20(7-8-22(16)30-15-21(28)18-5-6-18)27-11-10-26-23(24(27)29)31-12-9-17-3-2-4-19(25)14-17/h2-4,7-8,10-11,13-14,18,21,28H,5-6,9,12,15H2,1H3. The van der Waals surface area contributed by atoms with E-state index in [2.05, 4.69) is 4.98 Å². The van der Waals surface area contributed by atoms with Crippen molar-refractivity contribution in [2.75, 3.05) is 12.4 Å². The first-order valence-electron chi connectivity index (χ1n) is 10.4. The Balaban J connectivity index is 1.43. The van der Waals surface area contributed by atoms with Gasteiger partial charge in [-0.1, -0.05) is 12.1 Å². The summed E-state index contributed by atoms with van der Waals surface area (Å²) < 4.78 is 20.6. The number of aryl methyl sites for hydroxylation is 2. The van der Waals surface area contributed by atoms with Crippen LogP contribution in [0.3, 0.4) is 0 Å². The van der Waals surface area contributed by atoms with Crippen LogP contribution in [0, 0.1) is 18.7 Å². The summed E-state index contributed by atoms with van der Waals surface area (Å²) in [5.41, 5.74) is 2.32. The van der Waals surface area contributed by atoms with E-state index in [9.17, 15) is 14.3 Å². The molecule has 31 heavy (non-hydrogen) atoms. The molecule has 0 saturated heterocycles. The molecule has 0 aliphatic heterocycles. The number of aromatic nitrogens is 2. The summed E-state index contributed by atoms with van der Waals surface area (Å²) >= 11 is 1.36. The number of ether oxygens (including phenoxy) is 1. The van der Waals surface area contributed by atoms with Gasteiger partial charge in [-0.15, -0.1) is 11.8 Å². The SMILES string of the molecule is Cc1cc(-n2ccnc(SCCc3cccc(F)c3)c2=O)ccc1OCC(O)C1CC1. The van der Waals surface area contributed by atoms with Gasteiger partial charge >= 0.3 is 0 Å². The van der Waals surface area contributed by atoms with Crippen molar-refractivity contribution in [3.63, 3.8) is 0 Å². The van der Waals surface area contributed by atoms with Gasteiger partial charge in [0.05, 0.1) is 6.10 Å². The average Bonchev–Trinajstić information content (AvgIpc) is 3.59. The summed E-state index contributed by atoms with van der Waals surface area (Å²) in [6.45, 7) is 2.20. The van der Waals surface area contributed by atoms with Crippen LogP contribution >= 0.6 is 11.8 Å². The molecule has 1 aromatic heterocycles. The number of hydrogen-bond acceptors (Lipinski definition) is 5. The first kappa shape index (κ1) is 21.6. The normalized spacial score (nSPS) is 14.4. The van der Waals surface area contributed by atoms with Gasteiger partial charge in [0, 0.05) is 23.8 Å². The average molecular weight is 441 g/mol. The van der Waals surface area contributed by atoms with E-state index < -0.39 is 6.10 Å². The topological polar surface area (TPSA) is 64.4 Å². The van der Waals surface area contributed by atoms with Crippen molar-refractivity contribution in [3.8, 4) is 11.4 Å². The van der Waals surface area contributed by atoms with E-state index in [0.29, 0.717) is 28.9 Å². The van der Waals surface area contributed by atoms with E-state index in [1.54, 1.807) is 23.0 Å². The van der Waals surface area contributed by atoms with E-state index in [-0.39, 0.29) is 18.0 Å². The van der Waals surface area contributed by atoms with Gasteiger partial charge in [0.1, 0.15) is 18.2 Å². The summed E-state index contributed by atoms with van der Waals surface area (Å²) in [4.78, 5) is 17.1. The molecule has 1 heterocycles. The van der Waals surface area contributed by atoms with Gasteiger partial charge in [-0.3, -0.25) is 9.36 Å². The van der Waals surface area contributed by atoms with Crippen LogP contribution in [0.2, 0.25) is 0 Å². The molecule has 5 nitrogen and oxygen atoms in total. The molecule has 162 valence electrons. The summed E-state index contributed by atoms with van der Waals surface area (Å²) in [6.07, 6.45) is 5.61. The molecule has 0 bridgehead atoms. The minimum atomic E-state index is -0.422. The smallest absolute Gasteiger partial charge is 0.287 e. The first-order chi connectivity index (χ1) is 15.0. The Morgan fingerprint density at radius 3 is 2.87 bits per heavy atom. The Labute approximate surface area is 184 Å². The highest BCUT2D eigenvalue weighted by Crippen LogP contribution is 2.33. The molecule has 2 aromatic carbocycles. The second-order valence-corrected chi connectivity index (χ2v) is 8.89. The van der Waals surface area contributed by atoms with E-state index in [0.717, 1.165) is 29.7 Å². The second kappa shape index (κ2) is 9.66. The Kier molecular flexibility index (Phi) is 6.73. The maximum absolute atomic E-state index is 13.3. The fraction of sp³-hybridized carbons (Fsp3) is 0.333. The molecule has 0 amide bonds. The molecule has 1 N–H and O–H groups in total. The van der Waals surface area contributed by atoms with Crippen LogP contribution in [0.15, 0.2) is 64.7 Å². The van der Waals surface area contributed by atoms with Crippen LogP contribution in [0.25, 0.3) is 5.69 Å². The Hall–Kier alpha value is -2.64. The van der Waals surface area contributed by atoms with E-state index in [1.807, 2.05) is 31.2 Å². The van der Waals surface area contributed by atoms with Crippen molar-refractivity contribution >= 4 is 11.8 Å². The van der Waals surface area contributed by atoms with Gasteiger partial charge in [0.15, 0.2) is 5.03 Å². The molecule has 1 saturated carbocycles. The summed E-state index contributed by atoms with van der Waals surface area (Å²) in [5.74, 6) is 1.44. The van der Waals surface area contributed by atoms with Crippen LogP contribution in [0.4, 0.5) is 4.39 Å². The number of aliphatic hydroxyl groups excluding tert-OH is 1. The second-order valence-electron chi connectivity index (χ2n) is 7.80. The molecule has 1 unspecified atom stereocenters. The Morgan fingerprint density at radius 1 is 1.29 bits per heavy atom. The predicted molar refractivity (Wildman–Crippen MR) is 120 cm³/mol. The summed E-state index contributed by atoms with van der Waals surface area (Å²) in [7, 11) is 0. The third-order valence-corrected chi connectivity index (χ3v) is 6.30. The number of hydrogen-bond donors (Lipinski definition) is 1. The van der Waals surface area contributed by atoms with Crippen molar-refractivity contribution in [2.24, 2.45) is 5.92 Å². The van der Waals surface area contributed by atoms with Gasteiger partial charge in [-0.05, 0) is 73.6 Å². The lowest BCUT2D eigenvalue weighted by atomic mass is 10.2. The van der Waals surface area contributed by atoms with Crippen molar-refractivity contribution in [2.45, 2.75) is 37.3 Å². The van der Waals surface area contributed by atoms with E-state index in [4.69, 9.17) is 4.74 Å². The molecule has 4 rings (SSSR count). The zero-order valence-corrected chi connectivity index (χ0v) is 18.1. The Bertz CT molecular complexity index is 1110. The van der Waals surface area contributed by atoms with Gasteiger partial charge in [-0.2, -0.15) is 0 Å². The molecule has 0 spiro atoms. The maximum atomic E-state index is 13.3. The monoisotopic (exact) mass is 440 g/mol. The fourth-order valence-corrected chi connectivity index (χ4v) is 4.28. The highest BCUT2D eigenvalue weighted by Gasteiger charge is 2.30. The highest BCUT2D eigenvalue weighted by molar-refractivity contribution is 7.99. The summed E-state index contributed by atoms with van der Waals surface area (Å²) in [6, 6.07) is 12.0. The lowest BCUT2D eigenvalue weighted by Crippen LogP contribution is -2.21. The van der Waals surface area contributed by atoms with Crippen LogP contribution in [-0.2, 0) is 6.42 Å². The molecule has 1 aliphatic rings. The zero-order chi connectivity index (χ0) is 21.8. The number of aliphatic hydroxyl groups is 1. The van der Waals surface area contributed by atoms with Crippen LogP contribution in [0.1, 0.15) is 24.0 Å². The lowest BCUT2D eigenvalue weighted by Gasteiger charge is -2.15. The first-order valence-corrected chi connectivity index (χ1v) is 11.4. The van der Waals surface area contributed by atoms with Gasteiger partial charge in [0.25, 0.3) is 5.56 Å². The van der Waals surface area contributed by atoms with Crippen LogP contribution in [-0.4, -0.2) is 33.1 Å². The van der Waals surface area contributed by atoms with Crippen molar-refractivity contribution in [1.29, 1.82) is 0 Å². The molecular formula is C24H25FN2O3S. The third-order valence-electron chi connectivity index (χ3n) is 5.34. The number of halogens is 1. The lowest BCUT2D eigenvalue weighted by molar-refractivity contribution is 0.0891. The van der Waals surface area contributed by atoms with Gasteiger partial charge < -0.3 is 9.84 Å². The number of rotatable bonds is 9. The zero-order valence-electron chi connectivity index (χ0n) is 17.3. The number of benzene rings is 2. The van der Waals surface area contributed by atoms with E-state index in [1.165, 1.54) is 23.9 Å². The molecule has 0 radical (unpaired) electrons. The molecule has 1 fully saturated rings. The van der Waals surface area contributed by atoms with Crippen molar-refractivity contribution < 1.29 is 14.2 Å². The number of nitrogens with zero attached hydrogens (tertiary/aromatic N) is 2. The van der Waals surface area contributed by atoms with Crippen molar-refractivity contribution in [1.82, 2.24) is 9.55 Å². The molecule has 1 atom stereocenters. The molecular weight excluding hydrogens is 415 g/mol. The predicted octanol–water partition coefficient (Wildman–Crippen LogP) is 4.16. The highest BCUT2D eigenvalue weighted by atomic mass is 32.2. The Morgan fingerprint density at radius 2 is 2.13 bits per heavy atom. The van der Waals surface area contributed by atoms with Crippen LogP contribution < -0.4 is 10.3 Å². The third kappa shape index (κ3) is 5.54. The number of thioether (sulfide) groups is 1. The molecule has 1 aliphatic carbocycles. The minimum absolute atomic E-state index is 0.191. The quantitative estimate of drug-likeness (QED) is 0.506. The van der Waals surface area contributed by atoms with Crippen LogP contribution in [0.5, 0.6) is 5.75 Å². The fourth-order valence-electron chi connectivity index (χ4n) is 3.39. The van der Waals surface area contributed by atoms with E-state index >= 15 is 0 Å². The molecule has 3 aromatic rings. The van der Waals surface area contributed by atoms with Gasteiger partial charge in [-0.25, -0.2) is 9.37 Å². The minimum Gasteiger partial charge on any atom is -0.491 e. The largest absolute Gasteiger partial charge is 0.491 e. The maximum Gasteiger partial charge on any atom is 0.287 e. The summed E-state index contributed by atoms with van der Waals surface area (Å²) in [5, 5.41) is 10.4. The molecule has 7 heteroatoms. The van der Waals surface area contributed by atoms with Crippen molar-refractivity contribution in [3.05, 3.63) is 82.2 Å².